The molecule has 1 aliphatic heterocycles. The van der Waals surface area contributed by atoms with E-state index >= 15 is 0 Å². The molecule has 0 bridgehead atoms. The Kier molecular flexibility index (Phi) is 6.80. The molecular weight excluding hydrogens is 392 g/mol. The lowest BCUT2D eigenvalue weighted by atomic mass is 9.95. The van der Waals surface area contributed by atoms with Gasteiger partial charge in [0.1, 0.15) is 6.61 Å². The van der Waals surface area contributed by atoms with Gasteiger partial charge in [-0.2, -0.15) is 11.3 Å². The third-order valence-corrected chi connectivity index (χ3v) is 4.80. The van der Waals surface area contributed by atoms with Gasteiger partial charge in [0.15, 0.2) is 0 Å². The molecule has 3 rings (SSSR count). The Hall–Kier alpha value is -3.39. The predicted octanol–water partition coefficient (Wildman–Crippen LogP) is 3.18. The number of hydrogen-bond acceptors (Lipinski definition) is 6. The van der Waals surface area contributed by atoms with E-state index in [1.165, 1.54) is 17.4 Å². The van der Waals surface area contributed by atoms with Gasteiger partial charge in [-0.05, 0) is 41.0 Å². The molecule has 1 aromatic heterocycles. The smallest absolute Gasteiger partial charge is 0.338 e. The molecule has 150 valence electrons. The van der Waals surface area contributed by atoms with Crippen molar-refractivity contribution in [1.82, 2.24) is 10.6 Å². The molecule has 0 unspecified atom stereocenters. The van der Waals surface area contributed by atoms with E-state index in [4.69, 9.17) is 9.47 Å². The SMILES string of the molecule is CCOC(=O)C1=C(COC(=O)/C=C/c2ccsc2)NC(=O)N[C@H]1c1ccccc1. The van der Waals surface area contributed by atoms with E-state index in [0.29, 0.717) is 5.56 Å². The summed E-state index contributed by atoms with van der Waals surface area (Å²) < 4.78 is 10.4. The zero-order valence-corrected chi connectivity index (χ0v) is 16.5. The highest BCUT2D eigenvalue weighted by molar-refractivity contribution is 7.08. The fourth-order valence-electron chi connectivity index (χ4n) is 2.80. The molecule has 0 fully saturated rings. The molecule has 0 saturated heterocycles. The fourth-order valence-corrected chi connectivity index (χ4v) is 3.43. The zero-order chi connectivity index (χ0) is 20.6. The van der Waals surface area contributed by atoms with E-state index in [-0.39, 0.29) is 24.5 Å². The average Bonchev–Trinajstić information content (AvgIpc) is 3.24. The van der Waals surface area contributed by atoms with Crippen molar-refractivity contribution >= 4 is 35.4 Å². The molecule has 29 heavy (non-hydrogen) atoms. The molecule has 0 aliphatic carbocycles. The maximum atomic E-state index is 12.6. The van der Waals surface area contributed by atoms with Crippen molar-refractivity contribution in [3.8, 4) is 0 Å². The molecule has 1 aliphatic rings. The van der Waals surface area contributed by atoms with Gasteiger partial charge >= 0.3 is 18.0 Å². The van der Waals surface area contributed by atoms with E-state index in [2.05, 4.69) is 10.6 Å². The minimum Gasteiger partial charge on any atom is -0.463 e. The summed E-state index contributed by atoms with van der Waals surface area (Å²) >= 11 is 1.52. The molecule has 2 N–H and O–H groups in total. The van der Waals surface area contributed by atoms with Gasteiger partial charge in [-0.1, -0.05) is 30.3 Å². The lowest BCUT2D eigenvalue weighted by Gasteiger charge is -2.29. The number of esters is 2. The first kappa shape index (κ1) is 20.3. The van der Waals surface area contributed by atoms with Crippen molar-refractivity contribution in [1.29, 1.82) is 0 Å². The highest BCUT2D eigenvalue weighted by atomic mass is 32.1. The molecular formula is C21H20N2O5S. The van der Waals surface area contributed by atoms with Crippen LogP contribution in [0, 0.1) is 0 Å². The van der Waals surface area contributed by atoms with Crippen molar-refractivity contribution in [2.75, 3.05) is 13.2 Å². The number of ether oxygens (including phenoxy) is 2. The summed E-state index contributed by atoms with van der Waals surface area (Å²) in [5.74, 6) is -1.18. The summed E-state index contributed by atoms with van der Waals surface area (Å²) in [6, 6.07) is 9.70. The first-order valence-electron chi connectivity index (χ1n) is 8.98. The Labute approximate surface area is 172 Å². The molecule has 1 atom stereocenters. The van der Waals surface area contributed by atoms with Crippen LogP contribution >= 0.6 is 11.3 Å². The first-order chi connectivity index (χ1) is 14.1. The number of nitrogens with one attached hydrogen (secondary N) is 2. The van der Waals surface area contributed by atoms with Crippen molar-refractivity contribution in [2.24, 2.45) is 0 Å². The molecule has 8 heteroatoms. The lowest BCUT2D eigenvalue weighted by molar-refractivity contribution is -0.140. The van der Waals surface area contributed by atoms with Crippen LogP contribution in [0.2, 0.25) is 0 Å². The van der Waals surface area contributed by atoms with Gasteiger partial charge in [0.25, 0.3) is 0 Å². The van der Waals surface area contributed by atoms with Crippen LogP contribution in [0.5, 0.6) is 0 Å². The largest absolute Gasteiger partial charge is 0.463 e. The maximum Gasteiger partial charge on any atom is 0.338 e. The Morgan fingerprint density at radius 1 is 1.17 bits per heavy atom. The molecule has 7 nitrogen and oxygen atoms in total. The van der Waals surface area contributed by atoms with Crippen molar-refractivity contribution < 1.29 is 23.9 Å². The van der Waals surface area contributed by atoms with Gasteiger partial charge in [0.05, 0.1) is 23.9 Å². The van der Waals surface area contributed by atoms with Crippen LogP contribution in [0.25, 0.3) is 6.08 Å². The molecule has 2 amide bonds. The highest BCUT2D eigenvalue weighted by Crippen LogP contribution is 2.27. The second-order valence-electron chi connectivity index (χ2n) is 6.05. The van der Waals surface area contributed by atoms with Crippen LogP contribution in [0.1, 0.15) is 24.1 Å². The maximum absolute atomic E-state index is 12.6. The monoisotopic (exact) mass is 412 g/mol. The standard InChI is InChI=1S/C21H20N2O5S/c1-2-27-20(25)18-16(12-28-17(24)9-8-14-10-11-29-13-14)22-21(26)23-19(18)15-6-4-3-5-7-15/h3-11,13,19H,2,12H2,1H3,(H2,22,23,26)/b9-8+/t19-/m0/s1. The zero-order valence-electron chi connectivity index (χ0n) is 15.7. The number of urea groups is 1. The van der Waals surface area contributed by atoms with E-state index in [1.54, 1.807) is 37.3 Å². The predicted molar refractivity (Wildman–Crippen MR) is 109 cm³/mol. The number of rotatable bonds is 7. The van der Waals surface area contributed by atoms with Crippen LogP contribution in [0.15, 0.2) is 64.5 Å². The number of benzene rings is 1. The second-order valence-corrected chi connectivity index (χ2v) is 6.83. The van der Waals surface area contributed by atoms with Gasteiger partial charge in [-0.3, -0.25) is 0 Å². The van der Waals surface area contributed by atoms with Crippen LogP contribution in [-0.4, -0.2) is 31.2 Å². The molecule has 2 aromatic rings. The summed E-state index contributed by atoms with van der Waals surface area (Å²) in [6.07, 6.45) is 2.93. The number of thiophene rings is 1. The average molecular weight is 412 g/mol. The number of amides is 2. The van der Waals surface area contributed by atoms with Crippen molar-refractivity contribution in [2.45, 2.75) is 13.0 Å². The van der Waals surface area contributed by atoms with Crippen LogP contribution in [-0.2, 0) is 19.1 Å². The summed E-state index contributed by atoms with van der Waals surface area (Å²) in [4.78, 5) is 36.8. The molecule has 0 radical (unpaired) electrons. The summed E-state index contributed by atoms with van der Waals surface area (Å²) in [6.45, 7) is 1.60. The van der Waals surface area contributed by atoms with E-state index in [1.807, 2.05) is 22.9 Å². The van der Waals surface area contributed by atoms with E-state index in [0.717, 1.165) is 5.56 Å². The highest BCUT2D eigenvalue weighted by Gasteiger charge is 2.34. The topological polar surface area (TPSA) is 93.7 Å². The molecule has 0 saturated carbocycles. The number of carbonyl (C=O) groups is 3. The van der Waals surface area contributed by atoms with Gasteiger partial charge in [-0.25, -0.2) is 14.4 Å². The Morgan fingerprint density at radius 3 is 2.66 bits per heavy atom. The van der Waals surface area contributed by atoms with Crippen LogP contribution < -0.4 is 10.6 Å². The second kappa shape index (κ2) is 9.70. The Balaban J connectivity index is 1.83. The van der Waals surface area contributed by atoms with Crippen LogP contribution in [0.4, 0.5) is 4.79 Å². The summed E-state index contributed by atoms with van der Waals surface area (Å²) in [5, 5.41) is 9.07. The van der Waals surface area contributed by atoms with Crippen LogP contribution in [0.3, 0.4) is 0 Å². The molecule has 2 heterocycles. The fraction of sp³-hybridized carbons (Fsp3) is 0.190. The first-order valence-corrected chi connectivity index (χ1v) is 9.92. The quantitative estimate of drug-likeness (QED) is 0.538. The normalized spacial score (nSPS) is 16.3. The van der Waals surface area contributed by atoms with Crippen molar-refractivity contribution in [3.63, 3.8) is 0 Å². The third-order valence-electron chi connectivity index (χ3n) is 4.10. The third kappa shape index (κ3) is 5.32. The van der Waals surface area contributed by atoms with Gasteiger partial charge < -0.3 is 20.1 Å². The minimum atomic E-state index is -0.709. The van der Waals surface area contributed by atoms with Gasteiger partial charge in [-0.15, -0.1) is 0 Å². The Morgan fingerprint density at radius 2 is 1.97 bits per heavy atom. The number of carbonyl (C=O) groups excluding carboxylic acids is 3. The van der Waals surface area contributed by atoms with Gasteiger partial charge in [0.2, 0.25) is 0 Å². The van der Waals surface area contributed by atoms with E-state index in [9.17, 15) is 14.4 Å². The molecule has 0 spiro atoms. The minimum absolute atomic E-state index is 0.175. The summed E-state index contributed by atoms with van der Waals surface area (Å²) in [5.41, 5.74) is 2.00. The van der Waals surface area contributed by atoms with Gasteiger partial charge in [0, 0.05) is 6.08 Å². The lowest BCUT2D eigenvalue weighted by Crippen LogP contribution is -2.47. The molecule has 1 aromatic carbocycles. The van der Waals surface area contributed by atoms with E-state index < -0.39 is 24.0 Å². The van der Waals surface area contributed by atoms with Crippen molar-refractivity contribution in [3.05, 3.63) is 75.6 Å². The Bertz CT molecular complexity index is 935. The summed E-state index contributed by atoms with van der Waals surface area (Å²) in [7, 11) is 0. The number of hydrogen-bond donors (Lipinski definition) is 2.